The first kappa shape index (κ1) is 13.0. The molecule has 1 saturated heterocycles. The number of allylic oxidation sites excluding steroid dienone is 1. The molecule has 0 atom stereocenters. The average Bonchev–Trinajstić information content (AvgIpc) is 2.37. The predicted molar refractivity (Wildman–Crippen MR) is 65.9 cm³/mol. The molecule has 1 aromatic rings. The van der Waals surface area contributed by atoms with Crippen LogP contribution in [-0.2, 0) is 0 Å². The van der Waals surface area contributed by atoms with Gasteiger partial charge in [-0.1, -0.05) is 30.3 Å². The number of halogens is 3. The molecular weight excluding hydrogens is 239 g/mol. The van der Waals surface area contributed by atoms with Crippen molar-refractivity contribution in [3.63, 3.8) is 0 Å². The molecule has 1 fully saturated rings. The third kappa shape index (κ3) is 3.28. The fourth-order valence-corrected chi connectivity index (χ4v) is 2.19. The second kappa shape index (κ2) is 5.46. The van der Waals surface area contributed by atoms with Gasteiger partial charge in [0.05, 0.1) is 0 Å². The van der Waals surface area contributed by atoms with E-state index in [2.05, 4.69) is 0 Å². The minimum Gasteiger partial charge on any atom is -0.368 e. The third-order valence-electron chi connectivity index (χ3n) is 3.09. The number of hydrogen-bond acceptors (Lipinski definition) is 1. The molecule has 1 nitrogen and oxygen atoms in total. The van der Waals surface area contributed by atoms with Crippen LogP contribution in [0.1, 0.15) is 24.8 Å². The topological polar surface area (TPSA) is 3.24 Å². The van der Waals surface area contributed by atoms with Crippen molar-refractivity contribution in [1.82, 2.24) is 4.90 Å². The van der Waals surface area contributed by atoms with Crippen molar-refractivity contribution >= 4 is 6.08 Å². The van der Waals surface area contributed by atoms with Gasteiger partial charge < -0.3 is 4.90 Å². The van der Waals surface area contributed by atoms with Crippen LogP contribution in [0.15, 0.2) is 36.0 Å². The fourth-order valence-electron chi connectivity index (χ4n) is 2.19. The van der Waals surface area contributed by atoms with E-state index in [-0.39, 0.29) is 0 Å². The van der Waals surface area contributed by atoms with Gasteiger partial charge in [-0.2, -0.15) is 13.2 Å². The Hall–Kier alpha value is -1.45. The molecule has 0 spiro atoms. The average molecular weight is 255 g/mol. The normalized spacial score (nSPS) is 17.9. The summed E-state index contributed by atoms with van der Waals surface area (Å²) in [5.41, 5.74) is 0.0730. The Balaban J connectivity index is 2.28. The highest BCUT2D eigenvalue weighted by Gasteiger charge is 2.37. The molecule has 4 heteroatoms. The van der Waals surface area contributed by atoms with Crippen LogP contribution in [0.3, 0.4) is 0 Å². The van der Waals surface area contributed by atoms with Gasteiger partial charge in [0.1, 0.15) is 5.70 Å². The molecular formula is C14H16F3N. The number of nitrogens with zero attached hydrogens (tertiary/aromatic N) is 1. The van der Waals surface area contributed by atoms with E-state index in [0.717, 1.165) is 19.3 Å². The summed E-state index contributed by atoms with van der Waals surface area (Å²) >= 11 is 0. The minimum atomic E-state index is -4.28. The Kier molecular flexibility index (Phi) is 3.94. The lowest BCUT2D eigenvalue weighted by Gasteiger charge is -2.32. The molecule has 2 rings (SSSR count). The van der Waals surface area contributed by atoms with E-state index in [1.54, 1.807) is 30.3 Å². The number of alkyl halides is 3. The molecule has 0 bridgehead atoms. The van der Waals surface area contributed by atoms with Crippen LogP contribution in [0.4, 0.5) is 13.2 Å². The fraction of sp³-hybridized carbons (Fsp3) is 0.429. The van der Waals surface area contributed by atoms with Gasteiger partial charge in [0.25, 0.3) is 0 Å². The van der Waals surface area contributed by atoms with Gasteiger partial charge in [-0.05, 0) is 30.9 Å². The Labute approximate surface area is 105 Å². The maximum Gasteiger partial charge on any atom is 0.431 e. The summed E-state index contributed by atoms with van der Waals surface area (Å²) in [5.74, 6) is 0. The SMILES string of the molecule is FC(F)(F)/C(=C\c1ccccc1)N1CCCCC1. The first-order chi connectivity index (χ1) is 8.57. The van der Waals surface area contributed by atoms with Gasteiger partial charge in [0.15, 0.2) is 0 Å². The van der Waals surface area contributed by atoms with E-state index in [1.165, 1.54) is 11.0 Å². The lowest BCUT2D eigenvalue weighted by atomic mass is 10.1. The Morgan fingerprint density at radius 2 is 1.61 bits per heavy atom. The smallest absolute Gasteiger partial charge is 0.368 e. The summed E-state index contributed by atoms with van der Waals surface area (Å²) in [5, 5.41) is 0. The Morgan fingerprint density at radius 1 is 1.00 bits per heavy atom. The molecule has 1 aromatic carbocycles. The van der Waals surface area contributed by atoms with Crippen LogP contribution in [0.25, 0.3) is 6.08 Å². The van der Waals surface area contributed by atoms with E-state index in [1.807, 2.05) is 0 Å². The lowest BCUT2D eigenvalue weighted by Crippen LogP contribution is -2.35. The number of likely N-dealkylation sites (tertiary alicyclic amines) is 1. The standard InChI is InChI=1S/C14H16F3N/c15-14(16,17)13(18-9-5-2-6-10-18)11-12-7-3-1-4-8-12/h1,3-4,7-8,11H,2,5-6,9-10H2/b13-11+. The zero-order valence-corrected chi connectivity index (χ0v) is 10.1. The quantitative estimate of drug-likeness (QED) is 0.769. The molecule has 1 aliphatic rings. The zero-order chi connectivity index (χ0) is 13.0. The summed E-state index contributed by atoms with van der Waals surface area (Å²) in [6.07, 6.45) is -0.351. The Morgan fingerprint density at radius 3 is 2.17 bits per heavy atom. The molecule has 0 aliphatic carbocycles. The monoisotopic (exact) mass is 255 g/mol. The van der Waals surface area contributed by atoms with Gasteiger partial charge in [-0.15, -0.1) is 0 Å². The van der Waals surface area contributed by atoms with Crippen LogP contribution in [0, 0.1) is 0 Å². The van der Waals surface area contributed by atoms with E-state index in [0.29, 0.717) is 18.7 Å². The van der Waals surface area contributed by atoms with E-state index < -0.39 is 11.9 Å². The van der Waals surface area contributed by atoms with Crippen molar-refractivity contribution < 1.29 is 13.2 Å². The largest absolute Gasteiger partial charge is 0.431 e. The summed E-state index contributed by atoms with van der Waals surface area (Å²) in [6, 6.07) is 8.67. The molecule has 0 saturated carbocycles. The van der Waals surface area contributed by atoms with Crippen molar-refractivity contribution in [2.45, 2.75) is 25.4 Å². The molecule has 1 heterocycles. The number of rotatable bonds is 2. The van der Waals surface area contributed by atoms with Crippen LogP contribution < -0.4 is 0 Å². The molecule has 0 amide bonds. The zero-order valence-electron chi connectivity index (χ0n) is 10.1. The predicted octanol–water partition coefficient (Wildman–Crippen LogP) is 4.08. The van der Waals surface area contributed by atoms with E-state index >= 15 is 0 Å². The maximum absolute atomic E-state index is 13.1. The number of piperidine rings is 1. The van der Waals surface area contributed by atoms with Gasteiger partial charge >= 0.3 is 6.18 Å². The first-order valence-electron chi connectivity index (χ1n) is 6.16. The summed E-state index contributed by atoms with van der Waals surface area (Å²) in [7, 11) is 0. The van der Waals surface area contributed by atoms with Crippen molar-refractivity contribution in [2.75, 3.05) is 13.1 Å². The van der Waals surface area contributed by atoms with Crippen molar-refractivity contribution in [1.29, 1.82) is 0 Å². The lowest BCUT2D eigenvalue weighted by molar-refractivity contribution is -0.111. The van der Waals surface area contributed by atoms with Crippen LogP contribution in [0.5, 0.6) is 0 Å². The highest BCUT2D eigenvalue weighted by atomic mass is 19.4. The number of hydrogen-bond donors (Lipinski definition) is 0. The van der Waals surface area contributed by atoms with Gasteiger partial charge in [-0.25, -0.2) is 0 Å². The minimum absolute atomic E-state index is 0.498. The van der Waals surface area contributed by atoms with Crippen LogP contribution >= 0.6 is 0 Å². The molecule has 0 N–H and O–H groups in total. The summed E-state index contributed by atoms with van der Waals surface area (Å²) in [6.45, 7) is 0.996. The molecule has 0 radical (unpaired) electrons. The van der Waals surface area contributed by atoms with Crippen molar-refractivity contribution in [3.05, 3.63) is 41.6 Å². The van der Waals surface area contributed by atoms with Crippen molar-refractivity contribution in [3.8, 4) is 0 Å². The second-order valence-electron chi connectivity index (χ2n) is 4.49. The molecule has 98 valence electrons. The molecule has 1 aliphatic heterocycles. The molecule has 0 unspecified atom stereocenters. The summed E-state index contributed by atoms with van der Waals surface area (Å²) in [4.78, 5) is 1.45. The first-order valence-corrected chi connectivity index (χ1v) is 6.16. The summed E-state index contributed by atoms with van der Waals surface area (Å²) < 4.78 is 39.2. The third-order valence-corrected chi connectivity index (χ3v) is 3.09. The highest BCUT2D eigenvalue weighted by molar-refractivity contribution is 5.53. The maximum atomic E-state index is 13.1. The van der Waals surface area contributed by atoms with Crippen LogP contribution in [-0.4, -0.2) is 24.2 Å². The van der Waals surface area contributed by atoms with E-state index in [9.17, 15) is 13.2 Å². The number of benzene rings is 1. The van der Waals surface area contributed by atoms with Gasteiger partial charge in [-0.3, -0.25) is 0 Å². The highest BCUT2D eigenvalue weighted by Crippen LogP contribution is 2.32. The molecule has 0 aromatic heterocycles. The van der Waals surface area contributed by atoms with Gasteiger partial charge in [0, 0.05) is 13.1 Å². The van der Waals surface area contributed by atoms with Crippen molar-refractivity contribution in [2.24, 2.45) is 0 Å². The van der Waals surface area contributed by atoms with E-state index in [4.69, 9.17) is 0 Å². The van der Waals surface area contributed by atoms with Crippen LogP contribution in [0.2, 0.25) is 0 Å². The van der Waals surface area contributed by atoms with Gasteiger partial charge in [0.2, 0.25) is 0 Å². The Bertz CT molecular complexity index is 403. The second-order valence-corrected chi connectivity index (χ2v) is 4.49. The molecule has 18 heavy (non-hydrogen) atoms.